The van der Waals surface area contributed by atoms with Crippen molar-refractivity contribution in [2.24, 2.45) is 5.73 Å². The van der Waals surface area contributed by atoms with Crippen molar-refractivity contribution in [3.8, 4) is 0 Å². The number of likely N-dealkylation sites (tertiary alicyclic amines) is 1. The van der Waals surface area contributed by atoms with Gasteiger partial charge in [0.1, 0.15) is 0 Å². The first-order chi connectivity index (χ1) is 8.49. The van der Waals surface area contributed by atoms with Gasteiger partial charge in [-0.15, -0.1) is 0 Å². The highest BCUT2D eigenvalue weighted by Gasteiger charge is 2.21. The summed E-state index contributed by atoms with van der Waals surface area (Å²) < 4.78 is 0. The van der Waals surface area contributed by atoms with Gasteiger partial charge >= 0.3 is 5.97 Å². The Bertz CT molecular complexity index is 310. The molecule has 1 rings (SSSR count). The number of piperidine rings is 1. The SMILES string of the molecule is NC(=O)CN(CC(=O)O)CC(=O)N1CCCCC1. The summed E-state index contributed by atoms with van der Waals surface area (Å²) >= 11 is 0. The van der Waals surface area contributed by atoms with Gasteiger partial charge in [0.15, 0.2) is 0 Å². The van der Waals surface area contributed by atoms with Crippen LogP contribution in [0.5, 0.6) is 0 Å². The Morgan fingerprint density at radius 2 is 1.67 bits per heavy atom. The van der Waals surface area contributed by atoms with Gasteiger partial charge in [0.25, 0.3) is 0 Å². The van der Waals surface area contributed by atoms with Crippen molar-refractivity contribution in [2.75, 3.05) is 32.7 Å². The molecule has 7 nitrogen and oxygen atoms in total. The maximum Gasteiger partial charge on any atom is 0.317 e. The van der Waals surface area contributed by atoms with Crippen LogP contribution in [-0.4, -0.2) is 65.4 Å². The van der Waals surface area contributed by atoms with E-state index in [9.17, 15) is 14.4 Å². The van der Waals surface area contributed by atoms with Crippen LogP contribution in [0.3, 0.4) is 0 Å². The second-order valence-electron chi connectivity index (χ2n) is 4.45. The van der Waals surface area contributed by atoms with Crippen molar-refractivity contribution in [3.05, 3.63) is 0 Å². The summed E-state index contributed by atoms with van der Waals surface area (Å²) in [7, 11) is 0. The standard InChI is InChI=1S/C11H19N3O4/c12-9(15)6-13(8-11(17)18)7-10(16)14-4-2-1-3-5-14/h1-8H2,(H2,12,15)(H,17,18). The highest BCUT2D eigenvalue weighted by Crippen LogP contribution is 2.09. The summed E-state index contributed by atoms with van der Waals surface area (Å²) in [6.07, 6.45) is 3.06. The molecule has 0 saturated carbocycles. The molecule has 0 aromatic rings. The van der Waals surface area contributed by atoms with Crippen molar-refractivity contribution >= 4 is 17.8 Å². The Labute approximate surface area is 106 Å². The highest BCUT2D eigenvalue weighted by atomic mass is 16.4. The van der Waals surface area contributed by atoms with E-state index in [1.165, 1.54) is 4.90 Å². The summed E-state index contributed by atoms with van der Waals surface area (Å²) in [6, 6.07) is 0. The minimum Gasteiger partial charge on any atom is -0.480 e. The first kappa shape index (κ1) is 14.4. The fourth-order valence-corrected chi connectivity index (χ4v) is 2.01. The number of nitrogens with zero attached hydrogens (tertiary/aromatic N) is 2. The average molecular weight is 257 g/mol. The maximum absolute atomic E-state index is 11.9. The van der Waals surface area contributed by atoms with Gasteiger partial charge in [0.2, 0.25) is 11.8 Å². The molecular formula is C11H19N3O4. The Balaban J connectivity index is 2.49. The number of carbonyl (C=O) groups is 3. The molecule has 7 heteroatoms. The molecule has 1 heterocycles. The third-order valence-corrected chi connectivity index (χ3v) is 2.81. The Morgan fingerprint density at radius 3 is 2.17 bits per heavy atom. The summed E-state index contributed by atoms with van der Waals surface area (Å²) in [5.41, 5.74) is 5.02. The molecule has 0 bridgehead atoms. The lowest BCUT2D eigenvalue weighted by Gasteiger charge is -2.29. The molecule has 0 aromatic carbocycles. The zero-order valence-corrected chi connectivity index (χ0v) is 10.3. The van der Waals surface area contributed by atoms with Crippen molar-refractivity contribution < 1.29 is 19.5 Å². The van der Waals surface area contributed by atoms with E-state index in [0.717, 1.165) is 19.3 Å². The van der Waals surface area contributed by atoms with Crippen LogP contribution in [0.15, 0.2) is 0 Å². The van der Waals surface area contributed by atoms with Crippen LogP contribution < -0.4 is 5.73 Å². The van der Waals surface area contributed by atoms with Crippen LogP contribution in [0.2, 0.25) is 0 Å². The van der Waals surface area contributed by atoms with Crippen molar-refractivity contribution in [2.45, 2.75) is 19.3 Å². The van der Waals surface area contributed by atoms with Crippen molar-refractivity contribution in [1.29, 1.82) is 0 Å². The van der Waals surface area contributed by atoms with Crippen molar-refractivity contribution in [1.82, 2.24) is 9.80 Å². The third-order valence-electron chi connectivity index (χ3n) is 2.81. The van der Waals surface area contributed by atoms with E-state index in [1.807, 2.05) is 0 Å². The molecular weight excluding hydrogens is 238 g/mol. The lowest BCUT2D eigenvalue weighted by atomic mass is 10.1. The number of hydrogen-bond acceptors (Lipinski definition) is 4. The summed E-state index contributed by atoms with van der Waals surface area (Å²) in [6.45, 7) is 0.760. The van der Waals surface area contributed by atoms with E-state index in [0.29, 0.717) is 13.1 Å². The maximum atomic E-state index is 11.9. The average Bonchev–Trinajstić information content (AvgIpc) is 2.28. The molecule has 0 radical (unpaired) electrons. The molecule has 18 heavy (non-hydrogen) atoms. The number of rotatable bonds is 6. The molecule has 0 atom stereocenters. The monoisotopic (exact) mass is 257 g/mol. The molecule has 0 spiro atoms. The van der Waals surface area contributed by atoms with Gasteiger partial charge < -0.3 is 15.7 Å². The smallest absolute Gasteiger partial charge is 0.317 e. The van der Waals surface area contributed by atoms with Gasteiger partial charge in [-0.3, -0.25) is 19.3 Å². The number of primary amides is 1. The van der Waals surface area contributed by atoms with E-state index in [1.54, 1.807) is 4.90 Å². The van der Waals surface area contributed by atoms with Crippen LogP contribution in [0, 0.1) is 0 Å². The lowest BCUT2D eigenvalue weighted by Crippen LogP contribution is -2.46. The van der Waals surface area contributed by atoms with Gasteiger partial charge in [-0.25, -0.2) is 0 Å². The van der Waals surface area contributed by atoms with E-state index in [2.05, 4.69) is 0 Å². The molecule has 0 unspecified atom stereocenters. The fourth-order valence-electron chi connectivity index (χ4n) is 2.01. The number of carboxylic acids is 1. The lowest BCUT2D eigenvalue weighted by molar-refractivity contribution is -0.140. The molecule has 3 N–H and O–H groups in total. The van der Waals surface area contributed by atoms with Gasteiger partial charge in [-0.05, 0) is 19.3 Å². The topological polar surface area (TPSA) is 104 Å². The summed E-state index contributed by atoms with van der Waals surface area (Å²) in [4.78, 5) is 36.3. The van der Waals surface area contributed by atoms with Gasteiger partial charge in [-0.2, -0.15) is 0 Å². The number of nitrogens with two attached hydrogens (primary N) is 1. The van der Waals surface area contributed by atoms with Crippen LogP contribution in [0.25, 0.3) is 0 Å². The normalized spacial score (nSPS) is 15.7. The number of aliphatic carboxylic acids is 1. The van der Waals surface area contributed by atoms with Crippen LogP contribution in [-0.2, 0) is 14.4 Å². The predicted molar refractivity (Wildman–Crippen MR) is 63.7 cm³/mol. The molecule has 102 valence electrons. The minimum absolute atomic E-state index is 0.0742. The molecule has 0 aromatic heterocycles. The third kappa shape index (κ3) is 5.13. The molecule has 1 saturated heterocycles. The number of amides is 2. The van der Waals surface area contributed by atoms with Crippen LogP contribution in [0.1, 0.15) is 19.3 Å². The van der Waals surface area contributed by atoms with Crippen molar-refractivity contribution in [3.63, 3.8) is 0 Å². The van der Waals surface area contributed by atoms with Gasteiger partial charge in [-0.1, -0.05) is 0 Å². The van der Waals surface area contributed by atoms with E-state index in [4.69, 9.17) is 10.8 Å². The van der Waals surface area contributed by atoms with E-state index < -0.39 is 11.9 Å². The number of hydrogen-bond donors (Lipinski definition) is 2. The Morgan fingerprint density at radius 1 is 1.06 bits per heavy atom. The van der Waals surface area contributed by atoms with Crippen LogP contribution >= 0.6 is 0 Å². The molecule has 1 fully saturated rings. The van der Waals surface area contributed by atoms with Gasteiger partial charge in [0.05, 0.1) is 19.6 Å². The number of carboxylic acid groups (broad SMARTS) is 1. The molecule has 0 aliphatic carbocycles. The summed E-state index contributed by atoms with van der Waals surface area (Å²) in [5.74, 6) is -1.86. The molecule has 2 amide bonds. The Hall–Kier alpha value is -1.63. The van der Waals surface area contributed by atoms with E-state index in [-0.39, 0.29) is 25.5 Å². The second-order valence-corrected chi connectivity index (χ2v) is 4.45. The zero-order valence-electron chi connectivity index (χ0n) is 10.3. The quantitative estimate of drug-likeness (QED) is 0.626. The zero-order chi connectivity index (χ0) is 13.5. The highest BCUT2D eigenvalue weighted by molar-refractivity contribution is 5.81. The predicted octanol–water partition coefficient (Wildman–Crippen LogP) is -1.13. The van der Waals surface area contributed by atoms with Gasteiger partial charge in [0, 0.05) is 13.1 Å². The first-order valence-electron chi connectivity index (χ1n) is 5.99. The first-order valence-corrected chi connectivity index (χ1v) is 5.99. The molecule has 1 aliphatic heterocycles. The Kier molecular flexibility index (Phi) is 5.57. The largest absolute Gasteiger partial charge is 0.480 e. The molecule has 1 aliphatic rings. The van der Waals surface area contributed by atoms with Crippen LogP contribution in [0.4, 0.5) is 0 Å². The van der Waals surface area contributed by atoms with E-state index >= 15 is 0 Å². The minimum atomic E-state index is -1.08. The summed E-state index contributed by atoms with van der Waals surface area (Å²) in [5, 5.41) is 8.70. The fraction of sp³-hybridized carbons (Fsp3) is 0.727. The second kappa shape index (κ2) is 6.95. The number of carbonyl (C=O) groups excluding carboxylic acids is 2.